The molecule has 25 N–H and O–H groups in total. The third-order valence-corrected chi connectivity index (χ3v) is 17.6. The Hall–Kier alpha value is -7.45. The molecule has 38 heteroatoms. The summed E-state index contributed by atoms with van der Waals surface area (Å²) in [5, 5.41) is 178. The van der Waals surface area contributed by atoms with E-state index in [1.54, 1.807) is 37.3 Å². The number of aliphatic hydroxyl groups is 13. The zero-order valence-corrected chi connectivity index (χ0v) is 54.0. The van der Waals surface area contributed by atoms with Gasteiger partial charge in [0.05, 0.1) is 38.4 Å². The van der Waals surface area contributed by atoms with E-state index in [2.05, 4.69) is 42.5 Å². The number of guanidine groups is 2. The van der Waals surface area contributed by atoms with Gasteiger partial charge in [0.1, 0.15) is 128 Å². The molecule has 5 amide bonds. The molecule has 551 valence electrons. The van der Waals surface area contributed by atoms with Gasteiger partial charge in [-0.05, 0) is 29.7 Å². The van der Waals surface area contributed by atoms with Gasteiger partial charge >= 0.3 is 5.97 Å². The third-order valence-electron chi connectivity index (χ3n) is 17.6. The quantitative estimate of drug-likeness (QED) is 0.0229. The summed E-state index contributed by atoms with van der Waals surface area (Å²) in [5.74, 6) is -8.46. The normalized spacial score (nSPS) is 30.8. The van der Waals surface area contributed by atoms with Crippen molar-refractivity contribution in [1.82, 2.24) is 47.4 Å². The third kappa shape index (κ3) is 19.8. The molecule has 5 heterocycles. The molecule has 4 unspecified atom stereocenters. The van der Waals surface area contributed by atoms with Crippen molar-refractivity contribution >= 4 is 53.7 Å². The lowest BCUT2D eigenvalue weighted by molar-refractivity contribution is -0.352. The van der Waals surface area contributed by atoms with E-state index in [0.29, 0.717) is 12.0 Å². The number of esters is 1. The lowest BCUT2D eigenvalue weighted by Crippen LogP contribution is -2.69. The second-order valence-electron chi connectivity index (χ2n) is 24.5. The molecule has 2 aromatic carbocycles. The highest BCUT2D eigenvalue weighted by Gasteiger charge is 2.54. The van der Waals surface area contributed by atoms with E-state index < -0.39 is 240 Å². The van der Waals surface area contributed by atoms with Crippen molar-refractivity contribution in [3.63, 3.8) is 0 Å². The minimum Gasteiger partial charge on any atom is -0.463 e. The van der Waals surface area contributed by atoms with E-state index in [1.807, 2.05) is 6.92 Å². The van der Waals surface area contributed by atoms with Gasteiger partial charge in [-0.1, -0.05) is 75.6 Å². The van der Waals surface area contributed by atoms with Crippen molar-refractivity contribution in [2.24, 2.45) is 5.73 Å². The zero-order valence-electron chi connectivity index (χ0n) is 54.0. The maximum Gasteiger partial charge on any atom is 0.305 e. The predicted molar refractivity (Wildman–Crippen MR) is 336 cm³/mol. The molecule has 0 aromatic heterocycles. The van der Waals surface area contributed by atoms with Gasteiger partial charge in [-0.25, -0.2) is 0 Å². The topological polar surface area (TPSA) is 611 Å². The van der Waals surface area contributed by atoms with Gasteiger partial charge in [-0.15, -0.1) is 0 Å². The molecule has 0 bridgehead atoms. The largest absolute Gasteiger partial charge is 0.463 e. The number of nitrogens with zero attached hydrogens (tertiary/aromatic N) is 1. The minimum atomic E-state index is -2.33. The number of unbranched alkanes of at least 4 members (excludes halogenated alkanes) is 3. The van der Waals surface area contributed by atoms with Crippen molar-refractivity contribution in [2.75, 3.05) is 46.1 Å². The summed E-state index contributed by atoms with van der Waals surface area (Å²) in [6, 6.07) is 0.999. The highest BCUT2D eigenvalue weighted by atomic mass is 16.7. The first-order valence-electron chi connectivity index (χ1n) is 32.2. The number of hydrogen-bond acceptors (Lipinski definition) is 29. The van der Waals surface area contributed by atoms with Crippen LogP contribution in [0.1, 0.15) is 63.0 Å². The molecule has 99 heavy (non-hydrogen) atoms. The number of ether oxygens (including phenoxy) is 6. The van der Waals surface area contributed by atoms with Gasteiger partial charge in [-0.2, -0.15) is 0 Å². The lowest BCUT2D eigenvalue weighted by atomic mass is 9.92. The maximum atomic E-state index is 15.1. The highest BCUT2D eigenvalue weighted by Crippen LogP contribution is 2.33. The molecule has 25 atom stereocenters. The highest BCUT2D eigenvalue weighted by molar-refractivity contribution is 5.97. The second kappa shape index (κ2) is 36.8. The van der Waals surface area contributed by atoms with Crippen LogP contribution in [0.4, 0.5) is 0 Å². The Kier molecular flexibility index (Phi) is 29.3. The standard InChI is InChI=1S/C61H91N12O26/c1-3-4-5-9-12-38(79)94-25-36-45(83)47(85)50(88)59(98-36)99-52-35(24-77)97-58(51(89)48(52)86)95-30-15-13-27(14-16-30)17-31(68-54(91)39(70-37(78)18-62)26(2)28-10-7-6-8-11-28)53(90)71-40(42(80)32-19-65-60(63)69-32)56(93)72-41(55(92)67-29(21-74)22-75)43(81)33-20-66-61(64)73(33)57-49(87)46(84)44(82)34(23-76)96-57/h6-8,10-11,13-16,26,29,31-36,39-52,57-59,74,76-77,80-89H,3-5,9,12,17-21,23-25,62H2,1-2H3,(H2,64,66)(H,67,92)(H,68,91)(H,70,78)(H,71,90)(H,72,93)(H3,63,65,69)/t26?,29-,31+,32?,33?,34+,35+,36+,39-,40-,41+,42?,43+,44+,45+,46-,47-,48+,49-,50-,51-,52+,57-,58-,59+/m0/s1. The monoisotopic (exact) mass is 1410 g/mol. The lowest BCUT2D eigenvalue weighted by Gasteiger charge is -2.46. The van der Waals surface area contributed by atoms with Crippen LogP contribution in [0.5, 0.6) is 5.75 Å². The maximum absolute atomic E-state index is 15.1. The van der Waals surface area contributed by atoms with Crippen molar-refractivity contribution in [2.45, 2.75) is 205 Å². The molecule has 5 fully saturated rings. The van der Waals surface area contributed by atoms with Gasteiger partial charge in [0.25, 0.3) is 0 Å². The number of benzene rings is 2. The molecule has 0 saturated carbocycles. The Morgan fingerprint density at radius 1 is 0.677 bits per heavy atom. The van der Waals surface area contributed by atoms with Crippen LogP contribution in [-0.4, -0.2) is 318 Å². The van der Waals surface area contributed by atoms with Crippen LogP contribution >= 0.6 is 0 Å². The predicted octanol–water partition coefficient (Wildman–Crippen LogP) is -10.7. The molecule has 2 aromatic rings. The summed E-state index contributed by atoms with van der Waals surface area (Å²) in [6.07, 6.45) is -27.6. The first-order chi connectivity index (χ1) is 47.2. The smallest absolute Gasteiger partial charge is 0.305 e. The molecule has 7 rings (SSSR count). The molecule has 5 saturated heterocycles. The summed E-state index contributed by atoms with van der Waals surface area (Å²) < 4.78 is 34.1. The van der Waals surface area contributed by atoms with Crippen molar-refractivity contribution in [3.05, 3.63) is 65.7 Å². The first-order valence-corrected chi connectivity index (χ1v) is 32.2. The average Bonchev–Trinajstić information content (AvgIpc) is 1.75. The Balaban J connectivity index is 1.15. The number of rotatable bonds is 34. The summed E-state index contributed by atoms with van der Waals surface area (Å²) in [4.78, 5) is 97.1. The van der Waals surface area contributed by atoms with Gasteiger partial charge in [0, 0.05) is 31.8 Å². The Bertz CT molecular complexity index is 3020. The van der Waals surface area contributed by atoms with E-state index in [4.69, 9.17) is 45.0 Å². The van der Waals surface area contributed by atoms with E-state index in [0.717, 1.165) is 24.2 Å². The number of carbonyl (C=O) groups is 6. The summed E-state index contributed by atoms with van der Waals surface area (Å²) in [6.45, 7) is -1.20. The number of amides is 5. The van der Waals surface area contributed by atoms with Crippen molar-refractivity contribution < 1.29 is 128 Å². The number of nitrogens with one attached hydrogen (secondary N) is 10. The van der Waals surface area contributed by atoms with Gasteiger partial charge < -0.3 is 148 Å². The summed E-state index contributed by atoms with van der Waals surface area (Å²) in [7, 11) is 0. The molecular weight excluding hydrogens is 1320 g/mol. The van der Waals surface area contributed by atoms with Crippen LogP contribution < -0.4 is 53.0 Å². The summed E-state index contributed by atoms with van der Waals surface area (Å²) >= 11 is 0. The van der Waals surface area contributed by atoms with Crippen LogP contribution in [0, 0.1) is 10.8 Å². The molecule has 0 spiro atoms. The fraction of sp³-hybridized carbons (Fsp3) is 0.656. The number of hydrogen-bond donors (Lipinski definition) is 24. The van der Waals surface area contributed by atoms with Crippen LogP contribution in [0.2, 0.25) is 0 Å². The molecule has 38 nitrogen and oxygen atoms in total. The van der Waals surface area contributed by atoms with Crippen LogP contribution in [0.3, 0.4) is 0 Å². The van der Waals surface area contributed by atoms with Crippen LogP contribution in [0.15, 0.2) is 54.6 Å². The van der Waals surface area contributed by atoms with Crippen molar-refractivity contribution in [3.8, 4) is 5.75 Å². The molecule has 5 aliphatic rings. The van der Waals surface area contributed by atoms with Crippen molar-refractivity contribution in [1.29, 1.82) is 10.8 Å². The minimum absolute atomic E-state index is 0.0717. The SMILES string of the molecule is CCCCCCC(=O)OC[C@H]1O[C@H](O[C@H]2[C@H](O)[C@H](O)[C@@H](Oc3ccc(C[C@@H](NC(=O)[C@@H](NC(=O)CN)C(C)c4ccccc4)C(=O)N[C@H](C(=O)N[C@@H](C(=O)N[C@H]([C]=O)CO)[C@H](O)C4CNC(=N)N4[C@H]4O[C@H](CO)[C@@H](O)[C@H](O)[C@@H]4O)C(O)C4CNC(=N)N4)cc3)O[C@@H]2CO)[C@@H](O)[C@@H](O)[C@@H]1O. The molecule has 0 aliphatic carbocycles. The fourth-order valence-electron chi connectivity index (χ4n) is 11.8. The fourth-order valence-corrected chi connectivity index (χ4v) is 11.8. The summed E-state index contributed by atoms with van der Waals surface area (Å²) in [5.41, 5.74) is 6.40. The second-order valence-corrected chi connectivity index (χ2v) is 24.5. The Morgan fingerprint density at radius 2 is 1.29 bits per heavy atom. The Labute approximate surface area is 566 Å². The zero-order chi connectivity index (χ0) is 72.5. The Morgan fingerprint density at radius 3 is 1.92 bits per heavy atom. The van der Waals surface area contributed by atoms with Gasteiger partial charge in [0.15, 0.2) is 24.4 Å². The van der Waals surface area contributed by atoms with E-state index in [1.165, 1.54) is 30.6 Å². The molecular formula is C61H91N12O26. The number of carbonyl (C=O) groups excluding carboxylic acids is 7. The molecule has 5 aliphatic heterocycles. The van der Waals surface area contributed by atoms with E-state index in [9.17, 15) is 90.4 Å². The number of aliphatic hydroxyl groups excluding tert-OH is 13. The van der Waals surface area contributed by atoms with Crippen LogP contribution in [0.25, 0.3) is 0 Å². The first kappa shape index (κ1) is 78.9. The number of nitrogens with two attached hydrogens (primary N) is 1. The van der Waals surface area contributed by atoms with E-state index >= 15 is 9.59 Å². The van der Waals surface area contributed by atoms with Crippen LogP contribution in [-0.2, 0) is 63.7 Å². The van der Waals surface area contributed by atoms with E-state index in [-0.39, 0.29) is 30.2 Å². The van der Waals surface area contributed by atoms with Gasteiger partial charge in [-0.3, -0.25) is 44.4 Å². The molecule has 1 radical (unpaired) electrons. The average molecular weight is 1410 g/mol. The van der Waals surface area contributed by atoms with Gasteiger partial charge in [0.2, 0.25) is 42.1 Å².